The molecule has 2 aromatic rings. The van der Waals surface area contributed by atoms with Crippen LogP contribution in [0.15, 0.2) is 36.7 Å². The molecule has 1 aliphatic rings. The molecule has 1 aromatic heterocycles. The molecular weight excluding hydrogens is 323 g/mol. The van der Waals surface area contributed by atoms with Crippen LogP contribution >= 0.6 is 0 Å². The maximum atomic E-state index is 13.1. The molecule has 7 heteroatoms. The van der Waals surface area contributed by atoms with Gasteiger partial charge in [0, 0.05) is 57.1 Å². The zero-order chi connectivity index (χ0) is 17.5. The monoisotopic (exact) mass is 348 g/mol. The van der Waals surface area contributed by atoms with Crippen molar-refractivity contribution in [2.24, 2.45) is 0 Å². The number of benzene rings is 1. The van der Waals surface area contributed by atoms with Gasteiger partial charge in [0.25, 0.3) is 0 Å². The van der Waals surface area contributed by atoms with E-state index in [1.165, 1.54) is 17.7 Å². The SMILES string of the molecule is OCCn1cc(CN2CCN(CCOc3cccc(F)c3)CC2)cn1. The van der Waals surface area contributed by atoms with Gasteiger partial charge in [0.2, 0.25) is 0 Å². The van der Waals surface area contributed by atoms with Gasteiger partial charge in [0.15, 0.2) is 0 Å². The largest absolute Gasteiger partial charge is 0.492 e. The van der Waals surface area contributed by atoms with Gasteiger partial charge in [0.1, 0.15) is 18.2 Å². The number of aliphatic hydroxyl groups is 1. The summed E-state index contributed by atoms with van der Waals surface area (Å²) in [5.74, 6) is 0.312. The Hall–Kier alpha value is -1.96. The van der Waals surface area contributed by atoms with Crippen LogP contribution in [0.3, 0.4) is 0 Å². The van der Waals surface area contributed by atoms with Gasteiger partial charge in [-0.05, 0) is 12.1 Å². The molecule has 6 nitrogen and oxygen atoms in total. The highest BCUT2D eigenvalue weighted by atomic mass is 19.1. The fourth-order valence-electron chi connectivity index (χ4n) is 2.99. The Balaban J connectivity index is 1.35. The molecule has 0 unspecified atom stereocenters. The van der Waals surface area contributed by atoms with E-state index in [-0.39, 0.29) is 12.4 Å². The van der Waals surface area contributed by atoms with Gasteiger partial charge in [-0.1, -0.05) is 6.07 Å². The van der Waals surface area contributed by atoms with Crippen molar-refractivity contribution in [2.75, 3.05) is 45.9 Å². The number of halogens is 1. The summed E-state index contributed by atoms with van der Waals surface area (Å²) in [6, 6.07) is 6.26. The van der Waals surface area contributed by atoms with E-state index in [4.69, 9.17) is 9.84 Å². The average molecular weight is 348 g/mol. The number of rotatable bonds is 8. The van der Waals surface area contributed by atoms with Gasteiger partial charge in [-0.15, -0.1) is 0 Å². The normalized spacial score (nSPS) is 16.2. The van der Waals surface area contributed by atoms with Gasteiger partial charge in [0.05, 0.1) is 19.3 Å². The zero-order valence-electron chi connectivity index (χ0n) is 14.4. The molecule has 0 bridgehead atoms. The van der Waals surface area contributed by atoms with Crippen molar-refractivity contribution in [1.29, 1.82) is 0 Å². The molecule has 0 radical (unpaired) electrons. The van der Waals surface area contributed by atoms with Crippen molar-refractivity contribution in [3.63, 3.8) is 0 Å². The molecule has 1 fully saturated rings. The molecule has 0 spiro atoms. The standard InChI is InChI=1S/C18H25FN4O2/c19-17-2-1-3-18(12-17)25-11-9-21-4-6-22(7-5-21)14-16-13-20-23(15-16)8-10-24/h1-3,12-13,15,24H,4-11,14H2. The summed E-state index contributed by atoms with van der Waals surface area (Å²) in [7, 11) is 0. The first-order valence-corrected chi connectivity index (χ1v) is 8.68. The van der Waals surface area contributed by atoms with Crippen molar-refractivity contribution in [1.82, 2.24) is 19.6 Å². The van der Waals surface area contributed by atoms with Crippen LogP contribution in [0.4, 0.5) is 4.39 Å². The third-order valence-electron chi connectivity index (χ3n) is 4.36. The molecule has 3 rings (SSSR count). The minimum absolute atomic E-state index is 0.109. The lowest BCUT2D eigenvalue weighted by atomic mass is 10.2. The van der Waals surface area contributed by atoms with Crippen LogP contribution in [-0.2, 0) is 13.1 Å². The lowest BCUT2D eigenvalue weighted by Crippen LogP contribution is -2.46. The van der Waals surface area contributed by atoms with E-state index >= 15 is 0 Å². The summed E-state index contributed by atoms with van der Waals surface area (Å²) >= 11 is 0. The summed E-state index contributed by atoms with van der Waals surface area (Å²) < 4.78 is 20.5. The van der Waals surface area contributed by atoms with Crippen LogP contribution in [0.25, 0.3) is 0 Å². The fraction of sp³-hybridized carbons (Fsp3) is 0.500. The quantitative estimate of drug-likeness (QED) is 0.777. The van der Waals surface area contributed by atoms with Crippen LogP contribution < -0.4 is 4.74 Å². The highest BCUT2D eigenvalue weighted by Crippen LogP contribution is 2.12. The van der Waals surface area contributed by atoms with Crippen LogP contribution in [0.2, 0.25) is 0 Å². The topological polar surface area (TPSA) is 53.8 Å². The summed E-state index contributed by atoms with van der Waals surface area (Å²) in [6.07, 6.45) is 3.87. The van der Waals surface area contributed by atoms with E-state index in [9.17, 15) is 4.39 Å². The molecule has 1 N–H and O–H groups in total. The van der Waals surface area contributed by atoms with Gasteiger partial charge >= 0.3 is 0 Å². The van der Waals surface area contributed by atoms with Gasteiger partial charge < -0.3 is 9.84 Å². The first kappa shape index (κ1) is 17.8. The summed E-state index contributed by atoms with van der Waals surface area (Å²) in [5, 5.41) is 13.2. The van der Waals surface area contributed by atoms with Crippen molar-refractivity contribution in [3.8, 4) is 5.75 Å². The zero-order valence-corrected chi connectivity index (χ0v) is 14.4. The maximum Gasteiger partial charge on any atom is 0.126 e. The lowest BCUT2D eigenvalue weighted by Gasteiger charge is -2.34. The number of piperazine rings is 1. The Morgan fingerprint density at radius 3 is 2.68 bits per heavy atom. The van der Waals surface area contributed by atoms with Crippen LogP contribution in [-0.4, -0.2) is 70.6 Å². The first-order valence-electron chi connectivity index (χ1n) is 8.68. The molecule has 1 saturated heterocycles. The highest BCUT2D eigenvalue weighted by molar-refractivity contribution is 5.22. The van der Waals surface area contributed by atoms with Crippen LogP contribution in [0.5, 0.6) is 5.75 Å². The Kier molecular flexibility index (Phi) is 6.38. The van der Waals surface area contributed by atoms with Crippen molar-refractivity contribution < 1.29 is 14.2 Å². The molecular formula is C18H25FN4O2. The number of ether oxygens (including phenoxy) is 1. The second-order valence-electron chi connectivity index (χ2n) is 6.26. The average Bonchev–Trinajstić information content (AvgIpc) is 3.04. The summed E-state index contributed by atoms with van der Waals surface area (Å²) in [6.45, 7) is 6.96. The predicted octanol–water partition coefficient (Wildman–Crippen LogP) is 1.21. The molecule has 0 saturated carbocycles. The maximum absolute atomic E-state index is 13.1. The second-order valence-corrected chi connectivity index (χ2v) is 6.26. The lowest BCUT2D eigenvalue weighted by molar-refractivity contribution is 0.112. The molecule has 2 heterocycles. The van der Waals surface area contributed by atoms with E-state index in [1.54, 1.807) is 16.8 Å². The van der Waals surface area contributed by atoms with E-state index in [2.05, 4.69) is 14.9 Å². The number of hydrogen-bond acceptors (Lipinski definition) is 5. The Labute approximate surface area is 147 Å². The van der Waals surface area contributed by atoms with Crippen molar-refractivity contribution >= 4 is 0 Å². The minimum atomic E-state index is -0.270. The number of aromatic nitrogens is 2. The van der Waals surface area contributed by atoms with Crippen LogP contribution in [0.1, 0.15) is 5.56 Å². The van der Waals surface area contributed by atoms with E-state index in [0.717, 1.165) is 39.3 Å². The smallest absolute Gasteiger partial charge is 0.126 e. The molecule has 136 valence electrons. The van der Waals surface area contributed by atoms with E-state index in [1.807, 2.05) is 12.4 Å². The highest BCUT2D eigenvalue weighted by Gasteiger charge is 2.17. The third-order valence-corrected chi connectivity index (χ3v) is 4.36. The number of hydrogen-bond donors (Lipinski definition) is 1. The van der Waals surface area contributed by atoms with Gasteiger partial charge in [-0.25, -0.2) is 4.39 Å². The van der Waals surface area contributed by atoms with Gasteiger partial charge in [-0.3, -0.25) is 14.5 Å². The molecule has 25 heavy (non-hydrogen) atoms. The molecule has 0 amide bonds. The number of nitrogens with zero attached hydrogens (tertiary/aromatic N) is 4. The minimum Gasteiger partial charge on any atom is -0.492 e. The number of aliphatic hydroxyl groups excluding tert-OH is 1. The Bertz CT molecular complexity index is 656. The summed E-state index contributed by atoms with van der Waals surface area (Å²) in [5.41, 5.74) is 1.18. The van der Waals surface area contributed by atoms with Crippen molar-refractivity contribution in [2.45, 2.75) is 13.1 Å². The summed E-state index contributed by atoms with van der Waals surface area (Å²) in [4.78, 5) is 4.77. The second kappa shape index (κ2) is 8.94. The van der Waals surface area contributed by atoms with Crippen LogP contribution in [0, 0.1) is 5.82 Å². The van der Waals surface area contributed by atoms with Gasteiger partial charge in [-0.2, -0.15) is 5.10 Å². The third kappa shape index (κ3) is 5.52. The van der Waals surface area contributed by atoms with E-state index in [0.29, 0.717) is 18.9 Å². The van der Waals surface area contributed by atoms with E-state index < -0.39 is 0 Å². The molecule has 1 aromatic carbocycles. The fourth-order valence-corrected chi connectivity index (χ4v) is 2.99. The molecule has 0 aliphatic carbocycles. The predicted molar refractivity (Wildman–Crippen MR) is 92.9 cm³/mol. The first-order chi connectivity index (χ1) is 12.2. The molecule has 1 aliphatic heterocycles. The Morgan fingerprint density at radius 2 is 1.92 bits per heavy atom. The molecule has 0 atom stereocenters. The Morgan fingerprint density at radius 1 is 1.12 bits per heavy atom. The van der Waals surface area contributed by atoms with Crippen molar-refractivity contribution in [3.05, 3.63) is 48.0 Å².